The van der Waals surface area contributed by atoms with E-state index in [1.165, 1.54) is 29.1 Å². The second kappa shape index (κ2) is 8.89. The van der Waals surface area contributed by atoms with Crippen molar-refractivity contribution in [2.24, 2.45) is 0 Å². The van der Waals surface area contributed by atoms with E-state index in [0.717, 1.165) is 23.5 Å². The Balaban J connectivity index is 1.48. The van der Waals surface area contributed by atoms with Crippen LogP contribution in [0.5, 0.6) is 0 Å². The number of nitrogens with zero attached hydrogens (tertiary/aromatic N) is 2. The van der Waals surface area contributed by atoms with Crippen molar-refractivity contribution in [3.05, 3.63) is 93.6 Å². The highest BCUT2D eigenvalue weighted by Crippen LogP contribution is 2.29. The smallest absolute Gasteiger partial charge is 0.266 e. The molecule has 0 aliphatic heterocycles. The molecule has 2 heterocycles. The summed E-state index contributed by atoms with van der Waals surface area (Å²) in [5.74, 6) is -2.07. The number of aryl methyl sites for hydroxylation is 1. The van der Waals surface area contributed by atoms with Gasteiger partial charge >= 0.3 is 0 Å². The molecule has 2 N–H and O–H groups in total. The van der Waals surface area contributed by atoms with Crippen LogP contribution in [0.1, 0.15) is 25.6 Å². The lowest BCUT2D eigenvalue weighted by molar-refractivity contribution is 0.102. The van der Waals surface area contributed by atoms with Gasteiger partial charge in [0.2, 0.25) is 0 Å². The number of carbonyl (C=O) groups is 2. The molecule has 0 unspecified atom stereocenters. The monoisotopic (exact) mass is 472 g/mol. The highest BCUT2D eigenvalue weighted by Gasteiger charge is 2.18. The Kier molecular flexibility index (Phi) is 6.02. The van der Waals surface area contributed by atoms with Crippen LogP contribution in [0.15, 0.2) is 60.9 Å². The molecule has 2 aromatic heterocycles. The van der Waals surface area contributed by atoms with Gasteiger partial charge in [0.1, 0.15) is 11.5 Å². The lowest BCUT2D eigenvalue weighted by Gasteiger charge is -2.08. The topological polar surface area (TPSA) is 76.0 Å². The molecule has 0 aliphatic rings. The molecule has 2 amide bonds. The molecule has 0 radical (unpaired) electrons. The third-order valence-corrected chi connectivity index (χ3v) is 5.96. The van der Waals surface area contributed by atoms with E-state index in [9.17, 15) is 18.4 Å². The van der Waals surface area contributed by atoms with Crippen LogP contribution in [0.2, 0.25) is 5.02 Å². The molecule has 0 bridgehead atoms. The van der Waals surface area contributed by atoms with Crippen LogP contribution < -0.4 is 10.6 Å². The Morgan fingerprint density at radius 1 is 1.06 bits per heavy atom. The van der Waals surface area contributed by atoms with Gasteiger partial charge in [-0.05, 0) is 61.0 Å². The van der Waals surface area contributed by atoms with Crippen molar-refractivity contribution < 1.29 is 18.4 Å². The van der Waals surface area contributed by atoms with Crippen LogP contribution in [0.4, 0.5) is 19.5 Å². The Labute approximate surface area is 190 Å². The van der Waals surface area contributed by atoms with Gasteiger partial charge < -0.3 is 10.6 Å². The molecular formula is C22H15ClF2N4O2S. The average molecular weight is 473 g/mol. The summed E-state index contributed by atoms with van der Waals surface area (Å²) in [5, 5.41) is 9.69. The predicted molar refractivity (Wildman–Crippen MR) is 120 cm³/mol. The summed E-state index contributed by atoms with van der Waals surface area (Å²) in [6, 6.07) is 11.1. The third kappa shape index (κ3) is 4.53. The number of benzene rings is 2. The second-order valence-electron chi connectivity index (χ2n) is 6.77. The Hall–Kier alpha value is -3.56. The van der Waals surface area contributed by atoms with Crippen molar-refractivity contribution in [3.63, 3.8) is 0 Å². The summed E-state index contributed by atoms with van der Waals surface area (Å²) < 4.78 is 29.0. The van der Waals surface area contributed by atoms with Crippen molar-refractivity contribution in [1.82, 2.24) is 9.78 Å². The van der Waals surface area contributed by atoms with Gasteiger partial charge in [-0.1, -0.05) is 11.6 Å². The summed E-state index contributed by atoms with van der Waals surface area (Å²) in [6.07, 6.45) is 3.15. The zero-order valence-electron chi connectivity index (χ0n) is 16.5. The highest BCUT2D eigenvalue weighted by molar-refractivity contribution is 7.18. The van der Waals surface area contributed by atoms with Crippen LogP contribution in [0.3, 0.4) is 0 Å². The molecule has 162 valence electrons. The summed E-state index contributed by atoms with van der Waals surface area (Å²) in [7, 11) is 0. The number of anilines is 2. The maximum Gasteiger partial charge on any atom is 0.266 e. The quantitative estimate of drug-likeness (QED) is 0.392. The summed E-state index contributed by atoms with van der Waals surface area (Å²) in [4.78, 5) is 25.5. The van der Waals surface area contributed by atoms with Crippen molar-refractivity contribution in [2.45, 2.75) is 6.92 Å². The molecule has 6 nitrogen and oxygen atoms in total. The number of nitrogens with one attached hydrogen (secondary N) is 2. The molecule has 4 aromatic rings. The Morgan fingerprint density at radius 3 is 2.56 bits per heavy atom. The highest BCUT2D eigenvalue weighted by atomic mass is 35.5. The normalized spacial score (nSPS) is 10.8. The standard InChI is InChI=1S/C22H15ClF2N4O2S/c1-12-9-19(28-21(30)15-5-3-13(24)10-16(15)23)32-20(12)22(31)27-14-4-6-18(17(25)11-14)29-8-2-7-26-29/h2-11H,1H3,(H,27,31)(H,28,30). The molecule has 0 saturated carbocycles. The number of carbonyl (C=O) groups excluding carboxylic acids is 2. The minimum atomic E-state index is -0.549. The molecule has 32 heavy (non-hydrogen) atoms. The van der Waals surface area contributed by atoms with E-state index in [4.69, 9.17) is 11.6 Å². The molecule has 2 aromatic carbocycles. The predicted octanol–water partition coefficient (Wildman–Crippen LogP) is 5.68. The molecule has 0 saturated heterocycles. The van der Waals surface area contributed by atoms with Gasteiger partial charge in [-0.25, -0.2) is 13.5 Å². The first kappa shape index (κ1) is 21.7. The lowest BCUT2D eigenvalue weighted by atomic mass is 10.2. The van der Waals surface area contributed by atoms with E-state index >= 15 is 0 Å². The first-order chi connectivity index (χ1) is 15.3. The molecule has 10 heteroatoms. The molecule has 4 rings (SSSR count). The van der Waals surface area contributed by atoms with Crippen molar-refractivity contribution in [2.75, 3.05) is 10.6 Å². The fourth-order valence-electron chi connectivity index (χ4n) is 2.99. The maximum atomic E-state index is 14.4. The summed E-state index contributed by atoms with van der Waals surface area (Å²) in [6.45, 7) is 1.72. The number of rotatable bonds is 5. The fourth-order valence-corrected chi connectivity index (χ4v) is 4.21. The van der Waals surface area contributed by atoms with E-state index < -0.39 is 23.4 Å². The van der Waals surface area contributed by atoms with Gasteiger partial charge in [-0.2, -0.15) is 5.10 Å². The van der Waals surface area contributed by atoms with Crippen LogP contribution >= 0.6 is 22.9 Å². The average Bonchev–Trinajstić information content (AvgIpc) is 3.38. The third-order valence-electron chi connectivity index (χ3n) is 4.49. The Morgan fingerprint density at radius 2 is 1.88 bits per heavy atom. The first-order valence-corrected chi connectivity index (χ1v) is 10.5. The van der Waals surface area contributed by atoms with Gasteiger partial charge in [-0.3, -0.25) is 9.59 Å². The van der Waals surface area contributed by atoms with Crippen LogP contribution in [0, 0.1) is 18.6 Å². The molecule has 0 spiro atoms. The number of thiophene rings is 1. The molecule has 0 atom stereocenters. The van der Waals surface area contributed by atoms with E-state index in [2.05, 4.69) is 15.7 Å². The number of aromatic nitrogens is 2. The van der Waals surface area contributed by atoms with Gasteiger partial charge in [0.05, 0.1) is 20.5 Å². The molecule has 0 fully saturated rings. The minimum absolute atomic E-state index is 0.0191. The lowest BCUT2D eigenvalue weighted by Crippen LogP contribution is -2.12. The van der Waals surface area contributed by atoms with E-state index in [1.54, 1.807) is 31.3 Å². The van der Waals surface area contributed by atoms with Gasteiger partial charge in [-0.15, -0.1) is 11.3 Å². The van der Waals surface area contributed by atoms with Crippen molar-refractivity contribution in [3.8, 4) is 5.69 Å². The van der Waals surface area contributed by atoms with Gasteiger partial charge in [0.25, 0.3) is 11.8 Å². The number of amides is 2. The van der Waals surface area contributed by atoms with E-state index in [0.29, 0.717) is 15.4 Å². The van der Waals surface area contributed by atoms with Crippen molar-refractivity contribution in [1.29, 1.82) is 0 Å². The minimum Gasteiger partial charge on any atom is -0.321 e. The maximum absolute atomic E-state index is 14.4. The summed E-state index contributed by atoms with van der Waals surface area (Å²) >= 11 is 6.98. The van der Waals surface area contributed by atoms with Crippen LogP contribution in [-0.2, 0) is 0 Å². The number of hydrogen-bond acceptors (Lipinski definition) is 4. The fraction of sp³-hybridized carbons (Fsp3) is 0.0455. The van der Waals surface area contributed by atoms with Gasteiger partial charge in [0, 0.05) is 18.1 Å². The second-order valence-corrected chi connectivity index (χ2v) is 8.23. The zero-order chi connectivity index (χ0) is 22.8. The molecule has 0 aliphatic carbocycles. The zero-order valence-corrected chi connectivity index (χ0v) is 18.1. The van der Waals surface area contributed by atoms with Crippen LogP contribution in [0.25, 0.3) is 5.69 Å². The van der Waals surface area contributed by atoms with Gasteiger partial charge in [0.15, 0.2) is 5.82 Å². The van der Waals surface area contributed by atoms with Crippen molar-refractivity contribution >= 4 is 45.4 Å². The van der Waals surface area contributed by atoms with E-state index in [-0.39, 0.29) is 22.0 Å². The number of halogens is 3. The Bertz CT molecular complexity index is 1320. The molecular weight excluding hydrogens is 458 g/mol. The van der Waals surface area contributed by atoms with Crippen LogP contribution in [-0.4, -0.2) is 21.6 Å². The largest absolute Gasteiger partial charge is 0.321 e. The number of hydrogen-bond donors (Lipinski definition) is 2. The SMILES string of the molecule is Cc1cc(NC(=O)c2ccc(F)cc2Cl)sc1C(=O)Nc1ccc(-n2cccn2)c(F)c1. The first-order valence-electron chi connectivity index (χ1n) is 9.29. The summed E-state index contributed by atoms with van der Waals surface area (Å²) in [5.41, 5.74) is 1.27. The van der Waals surface area contributed by atoms with E-state index in [1.807, 2.05) is 0 Å².